The number of aromatic nitrogens is 3. The third-order valence-electron chi connectivity index (χ3n) is 7.83. The number of para-hydroxylation sites is 1. The van der Waals surface area contributed by atoms with Crippen LogP contribution in [0.5, 0.6) is 0 Å². The van der Waals surface area contributed by atoms with Gasteiger partial charge in [0.25, 0.3) is 11.8 Å². The molecule has 2 amide bonds. The molecule has 0 bridgehead atoms. The number of hydrogen-bond acceptors (Lipinski definition) is 3. The fraction of sp³-hybridized carbons (Fsp3) is 0.206. The van der Waals surface area contributed by atoms with Crippen molar-refractivity contribution in [3.8, 4) is 11.1 Å². The van der Waals surface area contributed by atoms with Crippen LogP contribution in [0.1, 0.15) is 49.7 Å². The Kier molecular flexibility index (Phi) is 7.25. The monoisotopic (exact) mass is 543 g/mol. The van der Waals surface area contributed by atoms with Crippen molar-refractivity contribution < 1.29 is 9.59 Å². The predicted octanol–water partition coefficient (Wildman–Crippen LogP) is 6.00. The zero-order chi connectivity index (χ0) is 28.3. The van der Waals surface area contributed by atoms with Crippen LogP contribution in [0.4, 0.5) is 5.69 Å². The molecule has 1 N–H and O–H groups in total. The molecule has 5 aromatic rings. The number of fused-ring (bicyclic) bond motifs is 2. The van der Waals surface area contributed by atoms with E-state index in [0.29, 0.717) is 30.9 Å². The first-order chi connectivity index (χ1) is 20.0. The van der Waals surface area contributed by atoms with Gasteiger partial charge in [-0.3, -0.25) is 9.59 Å². The first-order valence-corrected chi connectivity index (χ1v) is 14.0. The Balaban J connectivity index is 1.25. The smallest absolute Gasteiger partial charge is 0.267 e. The van der Waals surface area contributed by atoms with Crippen LogP contribution < -0.4 is 10.2 Å². The molecule has 0 saturated heterocycles. The van der Waals surface area contributed by atoms with Gasteiger partial charge in [-0.2, -0.15) is 0 Å². The molecule has 7 nitrogen and oxygen atoms in total. The lowest BCUT2D eigenvalue weighted by Crippen LogP contribution is -2.31. The summed E-state index contributed by atoms with van der Waals surface area (Å²) in [6.45, 7) is 6.42. The van der Waals surface area contributed by atoms with Gasteiger partial charge >= 0.3 is 0 Å². The Morgan fingerprint density at radius 3 is 2.49 bits per heavy atom. The van der Waals surface area contributed by atoms with Gasteiger partial charge in [-0.15, -0.1) is 0 Å². The molecule has 0 saturated carbocycles. The second kappa shape index (κ2) is 11.3. The highest BCUT2D eigenvalue weighted by atomic mass is 16.2. The minimum Gasteiger partial charge on any atom is -0.351 e. The Labute approximate surface area is 240 Å². The summed E-state index contributed by atoms with van der Waals surface area (Å²) in [6.07, 6.45) is 6.25. The Morgan fingerprint density at radius 2 is 1.68 bits per heavy atom. The van der Waals surface area contributed by atoms with E-state index in [4.69, 9.17) is 0 Å². The van der Waals surface area contributed by atoms with Crippen LogP contribution in [0.15, 0.2) is 97.6 Å². The van der Waals surface area contributed by atoms with Crippen molar-refractivity contribution in [3.05, 3.63) is 131 Å². The largest absolute Gasteiger partial charge is 0.351 e. The van der Waals surface area contributed by atoms with E-state index in [1.165, 1.54) is 11.1 Å². The first-order valence-electron chi connectivity index (χ1n) is 14.0. The summed E-state index contributed by atoms with van der Waals surface area (Å²) < 4.78 is 4.03. The molecule has 206 valence electrons. The van der Waals surface area contributed by atoms with E-state index in [1.54, 1.807) is 12.5 Å². The highest BCUT2D eigenvalue weighted by Gasteiger charge is 2.27. The van der Waals surface area contributed by atoms with Crippen LogP contribution in [0.25, 0.3) is 11.1 Å². The highest BCUT2D eigenvalue weighted by molar-refractivity contribution is 6.07. The predicted molar refractivity (Wildman–Crippen MR) is 161 cm³/mol. The summed E-state index contributed by atoms with van der Waals surface area (Å²) in [5, 5.41) is 3.06. The van der Waals surface area contributed by atoms with Crippen molar-refractivity contribution in [3.63, 3.8) is 0 Å². The molecule has 3 heterocycles. The van der Waals surface area contributed by atoms with E-state index in [0.717, 1.165) is 41.0 Å². The molecule has 7 heteroatoms. The number of nitrogens with zero attached hydrogens (tertiary/aromatic N) is 4. The molecule has 1 aliphatic heterocycles. The van der Waals surface area contributed by atoms with Crippen LogP contribution in [0.3, 0.4) is 0 Å². The Morgan fingerprint density at radius 1 is 0.878 bits per heavy atom. The quantitative estimate of drug-likeness (QED) is 0.256. The summed E-state index contributed by atoms with van der Waals surface area (Å²) in [5.41, 5.74) is 8.60. The van der Waals surface area contributed by atoms with E-state index < -0.39 is 0 Å². The van der Waals surface area contributed by atoms with Crippen LogP contribution in [0, 0.1) is 13.8 Å². The van der Waals surface area contributed by atoms with Crippen molar-refractivity contribution in [2.75, 3.05) is 11.4 Å². The summed E-state index contributed by atoms with van der Waals surface area (Å²) in [5.74, 6) is -0.168. The number of nitrogens with one attached hydrogen (secondary N) is 1. The van der Waals surface area contributed by atoms with E-state index >= 15 is 0 Å². The SMILES string of the molecule is Cc1ccccc1-c1ccc(C(=O)N2Cc3ccc(C(=O)NCCCn4ccnc4)n3Cc3ccccc32)cc1C. The normalized spacial score (nSPS) is 12.4. The number of benzene rings is 3. The molecule has 0 atom stereocenters. The summed E-state index contributed by atoms with van der Waals surface area (Å²) in [6, 6.07) is 26.0. The van der Waals surface area contributed by atoms with Crippen LogP contribution in [-0.4, -0.2) is 32.5 Å². The fourth-order valence-electron chi connectivity index (χ4n) is 5.64. The van der Waals surface area contributed by atoms with Crippen LogP contribution in [0.2, 0.25) is 0 Å². The van der Waals surface area contributed by atoms with Crippen molar-refractivity contribution in [1.29, 1.82) is 0 Å². The Hall–Kier alpha value is -4.91. The topological polar surface area (TPSA) is 72.2 Å². The van der Waals surface area contributed by atoms with Gasteiger partial charge in [-0.1, -0.05) is 48.5 Å². The average molecular weight is 544 g/mol. The molecule has 1 aliphatic rings. The molecular weight excluding hydrogens is 510 g/mol. The minimum atomic E-state index is -0.110. The molecule has 0 aliphatic carbocycles. The molecule has 6 rings (SSSR count). The van der Waals surface area contributed by atoms with Gasteiger partial charge in [0.2, 0.25) is 0 Å². The number of rotatable bonds is 7. The zero-order valence-corrected chi connectivity index (χ0v) is 23.4. The van der Waals surface area contributed by atoms with Crippen molar-refractivity contribution >= 4 is 17.5 Å². The molecule has 3 aromatic carbocycles. The average Bonchev–Trinajstić information content (AvgIpc) is 3.61. The van der Waals surface area contributed by atoms with Gasteiger partial charge in [0.15, 0.2) is 0 Å². The Bertz CT molecular complexity index is 1720. The fourth-order valence-corrected chi connectivity index (χ4v) is 5.64. The maximum atomic E-state index is 14.0. The molecule has 0 spiro atoms. The minimum absolute atomic E-state index is 0.0583. The lowest BCUT2D eigenvalue weighted by Gasteiger charge is -2.23. The number of imidazole rings is 1. The molecule has 0 fully saturated rings. The first kappa shape index (κ1) is 26.3. The number of hydrogen-bond donors (Lipinski definition) is 1. The van der Waals surface area contributed by atoms with Gasteiger partial charge in [-0.25, -0.2) is 4.98 Å². The number of anilines is 1. The standard InChI is InChI=1S/C34H33N5O2/c1-24-8-3-5-10-29(24)30-14-12-26(20-25(30)2)34(41)39-22-28-13-15-32(38(28)21-27-9-4-6-11-31(27)39)33(40)36-16-7-18-37-19-17-35-23-37/h3-6,8-15,17,19-20,23H,7,16,18,21-22H2,1-2H3,(H,36,40). The second-order valence-electron chi connectivity index (χ2n) is 10.6. The van der Waals surface area contributed by atoms with E-state index in [9.17, 15) is 9.59 Å². The summed E-state index contributed by atoms with van der Waals surface area (Å²) in [4.78, 5) is 33.1. The molecule has 41 heavy (non-hydrogen) atoms. The van der Waals surface area contributed by atoms with Crippen molar-refractivity contribution in [2.24, 2.45) is 0 Å². The number of aryl methyl sites for hydroxylation is 3. The maximum Gasteiger partial charge on any atom is 0.267 e. The van der Waals surface area contributed by atoms with E-state index in [2.05, 4.69) is 36.3 Å². The summed E-state index contributed by atoms with van der Waals surface area (Å²) in [7, 11) is 0. The second-order valence-corrected chi connectivity index (χ2v) is 10.6. The van der Waals surface area contributed by atoms with Gasteiger partial charge in [-0.05, 0) is 78.4 Å². The lowest BCUT2D eigenvalue weighted by molar-refractivity contribution is 0.0943. The van der Waals surface area contributed by atoms with Gasteiger partial charge < -0.3 is 19.4 Å². The molecular formula is C34H33N5O2. The lowest BCUT2D eigenvalue weighted by atomic mass is 9.95. The number of amides is 2. The van der Waals surface area contributed by atoms with E-state index in [-0.39, 0.29) is 11.8 Å². The highest BCUT2D eigenvalue weighted by Crippen LogP contribution is 2.32. The molecule has 0 radical (unpaired) electrons. The third kappa shape index (κ3) is 5.31. The molecule has 0 unspecified atom stereocenters. The van der Waals surface area contributed by atoms with Gasteiger partial charge in [0.1, 0.15) is 5.69 Å². The van der Waals surface area contributed by atoms with Crippen molar-refractivity contribution in [1.82, 2.24) is 19.4 Å². The van der Waals surface area contributed by atoms with Gasteiger partial charge in [0, 0.05) is 42.4 Å². The number of carbonyl (C=O) groups excluding carboxylic acids is 2. The molecule has 2 aromatic heterocycles. The van der Waals surface area contributed by atoms with Gasteiger partial charge in [0.05, 0.1) is 19.4 Å². The van der Waals surface area contributed by atoms with Crippen LogP contribution in [-0.2, 0) is 19.6 Å². The maximum absolute atomic E-state index is 14.0. The summed E-state index contributed by atoms with van der Waals surface area (Å²) >= 11 is 0. The third-order valence-corrected chi connectivity index (χ3v) is 7.83. The number of carbonyl (C=O) groups is 2. The zero-order valence-electron chi connectivity index (χ0n) is 23.4. The van der Waals surface area contributed by atoms with E-state index in [1.807, 2.05) is 87.0 Å². The van der Waals surface area contributed by atoms with Crippen LogP contribution >= 0.6 is 0 Å². The van der Waals surface area contributed by atoms with Crippen molar-refractivity contribution in [2.45, 2.75) is 39.9 Å².